The van der Waals surface area contributed by atoms with Crippen molar-refractivity contribution in [1.82, 2.24) is 10.2 Å². The van der Waals surface area contributed by atoms with Gasteiger partial charge in [0.05, 0.1) is 10.0 Å². The van der Waals surface area contributed by atoms with Gasteiger partial charge < -0.3 is 19.7 Å². The van der Waals surface area contributed by atoms with Gasteiger partial charge in [-0.2, -0.15) is 0 Å². The molecule has 0 spiro atoms. The quantitative estimate of drug-likeness (QED) is 0.541. The van der Waals surface area contributed by atoms with Crippen molar-refractivity contribution in [3.63, 3.8) is 0 Å². The predicted octanol–water partition coefficient (Wildman–Crippen LogP) is 4.89. The summed E-state index contributed by atoms with van der Waals surface area (Å²) < 4.78 is 11.2. The molecule has 0 bridgehead atoms. The lowest BCUT2D eigenvalue weighted by Crippen LogP contribution is -2.48. The molecule has 8 heteroatoms. The molecule has 6 nitrogen and oxygen atoms in total. The van der Waals surface area contributed by atoms with Crippen LogP contribution in [0.1, 0.15) is 38.3 Å². The number of nitrogens with zero attached hydrogens (tertiary/aromatic N) is 1. The summed E-state index contributed by atoms with van der Waals surface area (Å²) in [7, 11) is 0. The first-order valence-corrected chi connectivity index (χ1v) is 11.9. The van der Waals surface area contributed by atoms with Crippen LogP contribution in [0.3, 0.4) is 0 Å². The molecule has 2 aromatic rings. The first-order chi connectivity index (χ1) is 15.7. The van der Waals surface area contributed by atoms with Crippen LogP contribution in [-0.2, 0) is 22.6 Å². The van der Waals surface area contributed by atoms with E-state index in [9.17, 15) is 9.59 Å². The number of fused-ring (bicyclic) bond motifs is 1. The van der Waals surface area contributed by atoms with Gasteiger partial charge in [0.2, 0.25) is 11.8 Å². The second-order valence-electron chi connectivity index (χ2n) is 8.56. The third-order valence-electron chi connectivity index (χ3n) is 5.42. The van der Waals surface area contributed by atoms with Gasteiger partial charge in [-0.1, -0.05) is 49.2 Å². The number of halogens is 2. The summed E-state index contributed by atoms with van der Waals surface area (Å²) in [6.07, 6.45) is 0.774. The van der Waals surface area contributed by atoms with Crippen LogP contribution in [-0.4, -0.2) is 42.5 Å². The summed E-state index contributed by atoms with van der Waals surface area (Å²) in [6, 6.07) is 10.3. The number of carbonyl (C=O) groups is 2. The zero-order valence-electron chi connectivity index (χ0n) is 19.2. The Morgan fingerprint density at radius 2 is 1.67 bits per heavy atom. The smallest absolute Gasteiger partial charge is 0.242 e. The van der Waals surface area contributed by atoms with E-state index in [1.807, 2.05) is 38.1 Å². The zero-order valence-corrected chi connectivity index (χ0v) is 20.7. The summed E-state index contributed by atoms with van der Waals surface area (Å²) in [5, 5.41) is 3.78. The number of aryl methyl sites for hydroxylation is 1. The van der Waals surface area contributed by atoms with E-state index in [4.69, 9.17) is 32.7 Å². The fourth-order valence-electron chi connectivity index (χ4n) is 3.51. The maximum absolute atomic E-state index is 13.3. The number of benzene rings is 2. The molecule has 0 aliphatic carbocycles. The van der Waals surface area contributed by atoms with Crippen molar-refractivity contribution in [2.24, 2.45) is 5.92 Å². The zero-order chi connectivity index (χ0) is 24.0. The maximum atomic E-state index is 13.3. The van der Waals surface area contributed by atoms with Crippen LogP contribution in [0, 0.1) is 5.92 Å². The van der Waals surface area contributed by atoms with E-state index in [1.54, 1.807) is 24.0 Å². The van der Waals surface area contributed by atoms with E-state index < -0.39 is 6.04 Å². The standard InChI is InChI=1S/C25H30Cl2N2O4/c1-16(2)14-28-25(31)17(3)29(15-19-4-7-20(26)21(27)12-19)24(30)9-6-18-5-8-22-23(13-18)33-11-10-32-22/h4-5,7-8,12-13,16-17H,6,9-11,14-15H2,1-3H3,(H,28,31)/t17-/m0/s1. The Morgan fingerprint density at radius 1 is 0.970 bits per heavy atom. The molecule has 1 N–H and O–H groups in total. The second-order valence-corrected chi connectivity index (χ2v) is 9.38. The predicted molar refractivity (Wildman–Crippen MR) is 130 cm³/mol. The first-order valence-electron chi connectivity index (χ1n) is 11.1. The van der Waals surface area contributed by atoms with Gasteiger partial charge in [0.15, 0.2) is 11.5 Å². The molecule has 1 atom stereocenters. The molecule has 2 amide bonds. The van der Waals surface area contributed by atoms with Gasteiger partial charge in [-0.15, -0.1) is 0 Å². The molecule has 0 aromatic heterocycles. The van der Waals surface area contributed by atoms with Gasteiger partial charge in [-0.25, -0.2) is 0 Å². The van der Waals surface area contributed by atoms with Crippen LogP contribution in [0.25, 0.3) is 0 Å². The number of hydrogen-bond acceptors (Lipinski definition) is 4. The topological polar surface area (TPSA) is 67.9 Å². The minimum absolute atomic E-state index is 0.122. The lowest BCUT2D eigenvalue weighted by molar-refractivity contribution is -0.140. The molecule has 3 rings (SSSR count). The Morgan fingerprint density at radius 3 is 2.36 bits per heavy atom. The third kappa shape index (κ3) is 7.02. The van der Waals surface area contributed by atoms with Crippen molar-refractivity contribution in [2.45, 2.75) is 46.2 Å². The Balaban J connectivity index is 1.73. The van der Waals surface area contributed by atoms with Crippen LogP contribution < -0.4 is 14.8 Å². The van der Waals surface area contributed by atoms with Crippen LogP contribution in [0.15, 0.2) is 36.4 Å². The number of ether oxygens (including phenoxy) is 2. The van der Waals surface area contributed by atoms with Gasteiger partial charge in [-0.3, -0.25) is 9.59 Å². The maximum Gasteiger partial charge on any atom is 0.242 e. The van der Waals surface area contributed by atoms with Crippen molar-refractivity contribution in [1.29, 1.82) is 0 Å². The molecule has 1 heterocycles. The van der Waals surface area contributed by atoms with E-state index >= 15 is 0 Å². The summed E-state index contributed by atoms with van der Waals surface area (Å²) in [5.41, 5.74) is 1.78. The fourth-order valence-corrected chi connectivity index (χ4v) is 3.83. The molecule has 1 aliphatic heterocycles. The molecule has 0 radical (unpaired) electrons. The Labute approximate surface area is 205 Å². The Kier molecular flexibility index (Phi) is 8.87. The fraction of sp³-hybridized carbons (Fsp3) is 0.440. The molecule has 1 aliphatic rings. The monoisotopic (exact) mass is 492 g/mol. The Hall–Kier alpha value is -2.44. The second kappa shape index (κ2) is 11.6. The van der Waals surface area contributed by atoms with Crippen LogP contribution in [0.4, 0.5) is 0 Å². The van der Waals surface area contributed by atoms with E-state index in [1.165, 1.54) is 0 Å². The molecular formula is C25H30Cl2N2O4. The molecule has 178 valence electrons. The lowest BCUT2D eigenvalue weighted by atomic mass is 10.1. The largest absolute Gasteiger partial charge is 0.486 e. The highest BCUT2D eigenvalue weighted by atomic mass is 35.5. The van der Waals surface area contributed by atoms with Crippen molar-refractivity contribution in [3.8, 4) is 11.5 Å². The highest BCUT2D eigenvalue weighted by Crippen LogP contribution is 2.31. The van der Waals surface area contributed by atoms with Crippen LogP contribution in [0.2, 0.25) is 10.0 Å². The summed E-state index contributed by atoms with van der Waals surface area (Å²) >= 11 is 12.2. The normalized spacial score (nSPS) is 13.5. The SMILES string of the molecule is CC(C)CNC(=O)[C@H](C)N(Cc1ccc(Cl)c(Cl)c1)C(=O)CCc1ccc2c(c1)OCCO2. The minimum atomic E-state index is -0.633. The average molecular weight is 493 g/mol. The van der Waals surface area contributed by atoms with E-state index in [-0.39, 0.29) is 24.8 Å². The molecule has 0 unspecified atom stereocenters. The third-order valence-corrected chi connectivity index (χ3v) is 6.16. The van der Waals surface area contributed by atoms with Gasteiger partial charge >= 0.3 is 0 Å². The highest BCUT2D eigenvalue weighted by molar-refractivity contribution is 6.42. The average Bonchev–Trinajstić information content (AvgIpc) is 2.81. The van der Waals surface area contributed by atoms with E-state index in [0.29, 0.717) is 53.6 Å². The van der Waals surface area contributed by atoms with Crippen LogP contribution >= 0.6 is 23.2 Å². The van der Waals surface area contributed by atoms with E-state index in [2.05, 4.69) is 5.32 Å². The van der Waals surface area contributed by atoms with Gasteiger partial charge in [0.1, 0.15) is 19.3 Å². The number of carbonyl (C=O) groups excluding carboxylic acids is 2. The highest BCUT2D eigenvalue weighted by Gasteiger charge is 2.26. The van der Waals surface area contributed by atoms with Crippen molar-refractivity contribution >= 4 is 35.0 Å². The van der Waals surface area contributed by atoms with E-state index in [0.717, 1.165) is 11.1 Å². The summed E-state index contributed by atoms with van der Waals surface area (Å²) in [4.78, 5) is 27.6. The van der Waals surface area contributed by atoms with Crippen molar-refractivity contribution in [3.05, 3.63) is 57.6 Å². The van der Waals surface area contributed by atoms with Crippen molar-refractivity contribution in [2.75, 3.05) is 19.8 Å². The van der Waals surface area contributed by atoms with Gasteiger partial charge in [0.25, 0.3) is 0 Å². The number of hydrogen-bond donors (Lipinski definition) is 1. The molecule has 33 heavy (non-hydrogen) atoms. The Bertz CT molecular complexity index is 996. The van der Waals surface area contributed by atoms with Gasteiger partial charge in [0, 0.05) is 19.5 Å². The van der Waals surface area contributed by atoms with Crippen LogP contribution in [0.5, 0.6) is 11.5 Å². The molecule has 0 saturated heterocycles. The molecule has 2 aromatic carbocycles. The number of amides is 2. The summed E-state index contributed by atoms with van der Waals surface area (Å²) in [5.74, 6) is 1.42. The minimum Gasteiger partial charge on any atom is -0.486 e. The van der Waals surface area contributed by atoms with Crippen molar-refractivity contribution < 1.29 is 19.1 Å². The summed E-state index contributed by atoms with van der Waals surface area (Å²) in [6.45, 7) is 7.65. The number of rotatable bonds is 9. The number of nitrogens with one attached hydrogen (secondary N) is 1. The lowest BCUT2D eigenvalue weighted by Gasteiger charge is -2.29. The molecule has 0 saturated carbocycles. The molecule has 0 fully saturated rings. The first kappa shape index (κ1) is 25.2. The van der Waals surface area contributed by atoms with Gasteiger partial charge in [-0.05, 0) is 54.7 Å². The molecular weight excluding hydrogens is 463 g/mol.